The van der Waals surface area contributed by atoms with E-state index < -0.39 is 58.5 Å². The summed E-state index contributed by atoms with van der Waals surface area (Å²) in [4.78, 5) is 33.8. The molecule has 1 fully saturated rings. The zero-order valence-electron chi connectivity index (χ0n) is 14.2. The van der Waals surface area contributed by atoms with Crippen molar-refractivity contribution >= 4 is 27.9 Å². The molecule has 1 saturated heterocycles. The highest BCUT2D eigenvalue weighted by Crippen LogP contribution is 2.26. The summed E-state index contributed by atoms with van der Waals surface area (Å²) in [6.07, 6.45) is -4.74. The molecular formula is C13H22N2O9S. The highest BCUT2D eigenvalue weighted by Gasteiger charge is 2.50. The van der Waals surface area contributed by atoms with Crippen LogP contribution in [0.1, 0.15) is 20.8 Å². The molecule has 1 aliphatic heterocycles. The topological polar surface area (TPSA) is 157 Å². The van der Waals surface area contributed by atoms with Crippen molar-refractivity contribution < 1.29 is 41.6 Å². The van der Waals surface area contributed by atoms with Gasteiger partial charge in [-0.25, -0.2) is 0 Å². The minimum atomic E-state index is -4.04. The smallest absolute Gasteiger partial charge is 0.303 e. The molecule has 12 heteroatoms. The van der Waals surface area contributed by atoms with Crippen molar-refractivity contribution in [1.29, 1.82) is 0 Å². The van der Waals surface area contributed by atoms with E-state index >= 15 is 0 Å². The van der Waals surface area contributed by atoms with Gasteiger partial charge in [0.15, 0.2) is 12.4 Å². The van der Waals surface area contributed by atoms with Crippen LogP contribution in [-0.4, -0.2) is 74.8 Å². The third-order valence-electron chi connectivity index (χ3n) is 3.18. The molecular weight excluding hydrogens is 360 g/mol. The standard InChI is InChI=1S/C13H22N2O9S/c1-6(16)14-5-9-11(22-8(3)18)12(24-25(4,20)21)10(13(19)23-9)15-7(2)17/h9-13,19H,5H2,1-4H3,(H,14,16)(H,15,17)/t9-,10+,11+,12+,13+/m0/s1. The van der Waals surface area contributed by atoms with E-state index in [-0.39, 0.29) is 6.54 Å². The van der Waals surface area contributed by atoms with Crippen LogP contribution in [0.2, 0.25) is 0 Å². The van der Waals surface area contributed by atoms with Gasteiger partial charge in [0.1, 0.15) is 18.2 Å². The number of carbonyl (C=O) groups excluding carboxylic acids is 3. The van der Waals surface area contributed by atoms with E-state index in [2.05, 4.69) is 10.6 Å². The Morgan fingerprint density at radius 1 is 1.12 bits per heavy atom. The molecule has 1 aliphatic rings. The monoisotopic (exact) mass is 382 g/mol. The summed E-state index contributed by atoms with van der Waals surface area (Å²) in [5, 5.41) is 14.8. The van der Waals surface area contributed by atoms with Gasteiger partial charge in [-0.2, -0.15) is 8.42 Å². The van der Waals surface area contributed by atoms with Crippen LogP contribution >= 0.6 is 0 Å². The van der Waals surface area contributed by atoms with Gasteiger partial charge >= 0.3 is 5.97 Å². The van der Waals surface area contributed by atoms with Gasteiger partial charge in [-0.05, 0) is 0 Å². The van der Waals surface area contributed by atoms with Crippen molar-refractivity contribution in [2.75, 3.05) is 12.8 Å². The Balaban J connectivity index is 3.20. The molecule has 0 spiro atoms. The Labute approximate surface area is 145 Å². The molecule has 11 nitrogen and oxygen atoms in total. The van der Waals surface area contributed by atoms with Crippen molar-refractivity contribution in [3.63, 3.8) is 0 Å². The van der Waals surface area contributed by atoms with Gasteiger partial charge in [0.05, 0.1) is 6.26 Å². The minimum Gasteiger partial charge on any atom is -0.457 e. The first-order chi connectivity index (χ1) is 11.4. The van der Waals surface area contributed by atoms with Gasteiger partial charge in [-0.15, -0.1) is 0 Å². The third kappa shape index (κ3) is 6.94. The predicted octanol–water partition coefficient (Wildman–Crippen LogP) is -2.38. The summed E-state index contributed by atoms with van der Waals surface area (Å²) in [6.45, 7) is 3.30. The van der Waals surface area contributed by atoms with Crippen molar-refractivity contribution in [3.8, 4) is 0 Å². The normalized spacial score (nSPS) is 29.6. The molecule has 2 amide bonds. The van der Waals surface area contributed by atoms with E-state index in [9.17, 15) is 27.9 Å². The highest BCUT2D eigenvalue weighted by molar-refractivity contribution is 7.86. The lowest BCUT2D eigenvalue weighted by molar-refractivity contribution is -0.246. The van der Waals surface area contributed by atoms with Gasteiger partial charge in [0, 0.05) is 27.3 Å². The Bertz CT molecular complexity index is 621. The molecule has 1 rings (SSSR count). The summed E-state index contributed by atoms with van der Waals surface area (Å²) >= 11 is 0. The van der Waals surface area contributed by atoms with Crippen LogP contribution < -0.4 is 10.6 Å². The number of hydrogen-bond acceptors (Lipinski definition) is 9. The molecule has 1 heterocycles. The second-order valence-electron chi connectivity index (χ2n) is 5.57. The first kappa shape index (κ1) is 21.3. The number of rotatable bonds is 6. The van der Waals surface area contributed by atoms with Crippen LogP contribution in [0.25, 0.3) is 0 Å². The maximum atomic E-state index is 11.6. The van der Waals surface area contributed by atoms with Gasteiger partial charge in [0.25, 0.3) is 10.1 Å². The zero-order valence-corrected chi connectivity index (χ0v) is 15.0. The fraction of sp³-hybridized carbons (Fsp3) is 0.769. The maximum Gasteiger partial charge on any atom is 0.303 e. The fourth-order valence-corrected chi connectivity index (χ4v) is 3.00. The van der Waals surface area contributed by atoms with Crippen molar-refractivity contribution in [3.05, 3.63) is 0 Å². The Morgan fingerprint density at radius 3 is 2.16 bits per heavy atom. The molecule has 0 aromatic rings. The molecule has 0 bridgehead atoms. The molecule has 5 atom stereocenters. The van der Waals surface area contributed by atoms with Crippen LogP contribution in [0.3, 0.4) is 0 Å². The van der Waals surface area contributed by atoms with E-state index in [1.807, 2.05) is 0 Å². The first-order valence-electron chi connectivity index (χ1n) is 7.31. The average Bonchev–Trinajstić information content (AvgIpc) is 2.41. The van der Waals surface area contributed by atoms with Crippen LogP contribution in [0.15, 0.2) is 0 Å². The molecule has 3 N–H and O–H groups in total. The largest absolute Gasteiger partial charge is 0.457 e. The Morgan fingerprint density at radius 2 is 1.72 bits per heavy atom. The van der Waals surface area contributed by atoms with Crippen LogP contribution in [0, 0.1) is 0 Å². The van der Waals surface area contributed by atoms with E-state index in [0.717, 1.165) is 20.1 Å². The number of esters is 1. The lowest BCUT2D eigenvalue weighted by Gasteiger charge is -2.43. The molecule has 0 saturated carbocycles. The lowest BCUT2D eigenvalue weighted by Crippen LogP contribution is -2.66. The number of aliphatic hydroxyl groups excluding tert-OH is 1. The molecule has 0 aromatic heterocycles. The Kier molecular flexibility index (Phi) is 7.29. The molecule has 25 heavy (non-hydrogen) atoms. The molecule has 0 unspecified atom stereocenters. The SMILES string of the molecule is CC(=O)NC[C@@H]1O[C@@H](O)[C@H](NC(C)=O)[C@@H](OS(C)(=O)=O)[C@@H]1OC(C)=O. The fourth-order valence-electron chi connectivity index (χ4n) is 2.37. The van der Waals surface area contributed by atoms with Gasteiger partial charge in [0.2, 0.25) is 11.8 Å². The first-order valence-corrected chi connectivity index (χ1v) is 9.13. The van der Waals surface area contributed by atoms with E-state index in [4.69, 9.17) is 13.7 Å². The number of ether oxygens (including phenoxy) is 2. The minimum absolute atomic E-state index is 0.180. The number of carbonyl (C=O) groups is 3. The zero-order chi connectivity index (χ0) is 19.4. The predicted molar refractivity (Wildman–Crippen MR) is 82.4 cm³/mol. The number of amides is 2. The van der Waals surface area contributed by atoms with Crippen molar-refractivity contribution in [2.45, 2.75) is 51.4 Å². The number of hydrogen-bond donors (Lipinski definition) is 3. The van der Waals surface area contributed by atoms with Crippen LogP contribution in [0.4, 0.5) is 0 Å². The van der Waals surface area contributed by atoms with Gasteiger partial charge in [-0.3, -0.25) is 18.6 Å². The van der Waals surface area contributed by atoms with Crippen molar-refractivity contribution in [1.82, 2.24) is 10.6 Å². The molecule has 0 aliphatic carbocycles. The summed E-state index contributed by atoms with van der Waals surface area (Å²) in [6, 6.07) is -1.31. The van der Waals surface area contributed by atoms with E-state index in [1.54, 1.807) is 0 Å². The molecule has 144 valence electrons. The third-order valence-corrected chi connectivity index (χ3v) is 3.75. The number of aliphatic hydroxyl groups is 1. The van der Waals surface area contributed by atoms with Crippen molar-refractivity contribution in [2.24, 2.45) is 0 Å². The summed E-state index contributed by atoms with van der Waals surface area (Å²) < 4.78 is 38.5. The second kappa shape index (κ2) is 8.56. The van der Waals surface area contributed by atoms with Crippen LogP contribution in [0.5, 0.6) is 0 Å². The van der Waals surface area contributed by atoms with E-state index in [1.165, 1.54) is 6.92 Å². The summed E-state index contributed by atoms with van der Waals surface area (Å²) in [7, 11) is -4.04. The summed E-state index contributed by atoms with van der Waals surface area (Å²) in [5.74, 6) is -1.76. The number of nitrogens with one attached hydrogen (secondary N) is 2. The Hall–Kier alpha value is -1.76. The average molecular weight is 382 g/mol. The van der Waals surface area contributed by atoms with Gasteiger partial charge < -0.3 is 25.2 Å². The summed E-state index contributed by atoms with van der Waals surface area (Å²) in [5.41, 5.74) is 0. The lowest BCUT2D eigenvalue weighted by atomic mass is 9.96. The second-order valence-corrected chi connectivity index (χ2v) is 7.17. The van der Waals surface area contributed by atoms with Gasteiger partial charge in [-0.1, -0.05) is 0 Å². The van der Waals surface area contributed by atoms with E-state index in [0.29, 0.717) is 0 Å². The highest BCUT2D eigenvalue weighted by atomic mass is 32.2. The molecule has 0 aromatic carbocycles. The quantitative estimate of drug-likeness (QED) is 0.337. The maximum absolute atomic E-state index is 11.6. The van der Waals surface area contributed by atoms with Crippen LogP contribution in [-0.2, 0) is 38.2 Å². The molecule has 0 radical (unpaired) electrons.